The number of aromatic nitrogens is 2. The number of carboxylic acid groups (broad SMARTS) is 1. The third-order valence-electron chi connectivity index (χ3n) is 2.81. The van der Waals surface area contributed by atoms with E-state index in [1.54, 1.807) is 28.9 Å². The molecule has 1 N–H and O–H groups in total. The second-order valence-electron chi connectivity index (χ2n) is 4.59. The molecule has 0 bridgehead atoms. The summed E-state index contributed by atoms with van der Waals surface area (Å²) in [4.78, 5) is 11.2. The molecule has 0 radical (unpaired) electrons. The Morgan fingerprint density at radius 3 is 2.60 bits per heavy atom. The molecule has 0 saturated carbocycles. The maximum atomic E-state index is 11.2. The van der Waals surface area contributed by atoms with E-state index >= 15 is 0 Å². The van der Waals surface area contributed by atoms with Gasteiger partial charge in [-0.2, -0.15) is 5.10 Å². The molecule has 1 heterocycles. The summed E-state index contributed by atoms with van der Waals surface area (Å²) < 4.78 is 7.26. The summed E-state index contributed by atoms with van der Waals surface area (Å²) in [7, 11) is 0. The van der Waals surface area contributed by atoms with E-state index < -0.39 is 5.97 Å². The molecule has 0 amide bonds. The van der Waals surface area contributed by atoms with Gasteiger partial charge in [0.1, 0.15) is 17.9 Å². The third kappa shape index (κ3) is 3.11. The smallest absolute Gasteiger partial charge is 0.339 e. The van der Waals surface area contributed by atoms with Crippen LogP contribution in [0.2, 0.25) is 5.02 Å². The van der Waals surface area contributed by atoms with Crippen LogP contribution in [0.15, 0.2) is 30.5 Å². The standard InChI is InChI=1S/C14H15ClN2O3/c1-9(2)17-13(12(7-16-17)14(18)19)8-20-11-5-3-10(15)4-6-11/h3-7,9H,8H2,1-2H3,(H,18,19). The van der Waals surface area contributed by atoms with E-state index in [-0.39, 0.29) is 18.2 Å². The van der Waals surface area contributed by atoms with Gasteiger partial charge in [0.2, 0.25) is 0 Å². The van der Waals surface area contributed by atoms with Crippen molar-refractivity contribution in [2.45, 2.75) is 26.5 Å². The molecular weight excluding hydrogens is 280 g/mol. The Hall–Kier alpha value is -2.01. The molecule has 0 fully saturated rings. The van der Waals surface area contributed by atoms with Crippen molar-refractivity contribution < 1.29 is 14.6 Å². The molecule has 0 unspecified atom stereocenters. The van der Waals surface area contributed by atoms with Crippen molar-refractivity contribution in [3.05, 3.63) is 46.7 Å². The molecule has 1 aromatic heterocycles. The molecule has 6 heteroatoms. The highest BCUT2D eigenvalue weighted by Crippen LogP contribution is 2.19. The normalized spacial score (nSPS) is 10.8. The minimum absolute atomic E-state index is 0.0620. The van der Waals surface area contributed by atoms with E-state index in [0.717, 1.165) is 0 Å². The maximum absolute atomic E-state index is 11.2. The van der Waals surface area contributed by atoms with Crippen molar-refractivity contribution in [1.29, 1.82) is 0 Å². The predicted molar refractivity (Wildman–Crippen MR) is 75.4 cm³/mol. The van der Waals surface area contributed by atoms with Crippen molar-refractivity contribution >= 4 is 17.6 Å². The first-order chi connectivity index (χ1) is 9.49. The molecule has 2 aromatic rings. The van der Waals surface area contributed by atoms with Crippen LogP contribution in [0.5, 0.6) is 5.75 Å². The lowest BCUT2D eigenvalue weighted by Crippen LogP contribution is -2.13. The largest absolute Gasteiger partial charge is 0.487 e. The predicted octanol–water partition coefficient (Wildman–Crippen LogP) is 3.39. The highest BCUT2D eigenvalue weighted by molar-refractivity contribution is 6.30. The second-order valence-corrected chi connectivity index (χ2v) is 5.03. The Labute approximate surface area is 121 Å². The van der Waals surface area contributed by atoms with Gasteiger partial charge in [-0.05, 0) is 38.1 Å². The van der Waals surface area contributed by atoms with E-state index in [1.807, 2.05) is 13.8 Å². The summed E-state index contributed by atoms with van der Waals surface area (Å²) in [5.74, 6) is -0.381. The number of rotatable bonds is 5. The van der Waals surface area contributed by atoms with Crippen LogP contribution in [-0.2, 0) is 6.61 Å². The van der Waals surface area contributed by atoms with Crippen LogP contribution in [0.4, 0.5) is 0 Å². The fourth-order valence-electron chi connectivity index (χ4n) is 1.84. The van der Waals surface area contributed by atoms with Gasteiger partial charge in [-0.3, -0.25) is 4.68 Å². The van der Waals surface area contributed by atoms with Crippen LogP contribution in [0, 0.1) is 0 Å². The number of aromatic carboxylic acids is 1. The monoisotopic (exact) mass is 294 g/mol. The third-order valence-corrected chi connectivity index (χ3v) is 3.06. The number of hydrogen-bond donors (Lipinski definition) is 1. The second kappa shape index (κ2) is 5.96. The molecule has 0 spiro atoms. The van der Waals surface area contributed by atoms with Crippen molar-refractivity contribution in [3.63, 3.8) is 0 Å². The van der Waals surface area contributed by atoms with E-state index in [9.17, 15) is 4.79 Å². The summed E-state index contributed by atoms with van der Waals surface area (Å²) in [6, 6.07) is 6.97. The van der Waals surface area contributed by atoms with Gasteiger partial charge in [-0.15, -0.1) is 0 Å². The summed E-state index contributed by atoms with van der Waals surface area (Å²) in [5.41, 5.74) is 0.704. The van der Waals surface area contributed by atoms with E-state index in [2.05, 4.69) is 5.10 Å². The fourth-order valence-corrected chi connectivity index (χ4v) is 1.96. The molecule has 0 aliphatic carbocycles. The Morgan fingerprint density at radius 2 is 2.05 bits per heavy atom. The number of nitrogens with zero attached hydrogens (tertiary/aromatic N) is 2. The summed E-state index contributed by atoms with van der Waals surface area (Å²) >= 11 is 5.80. The molecular formula is C14H15ClN2O3. The van der Waals surface area contributed by atoms with E-state index in [4.69, 9.17) is 21.4 Å². The minimum Gasteiger partial charge on any atom is -0.487 e. The molecule has 0 saturated heterocycles. The number of halogens is 1. The number of benzene rings is 1. The number of ether oxygens (including phenoxy) is 1. The number of carbonyl (C=O) groups is 1. The molecule has 0 aliphatic heterocycles. The Kier molecular flexibility index (Phi) is 4.29. The van der Waals surface area contributed by atoms with Crippen molar-refractivity contribution in [2.75, 3.05) is 0 Å². The van der Waals surface area contributed by atoms with Gasteiger partial charge in [0, 0.05) is 11.1 Å². The van der Waals surface area contributed by atoms with Crippen LogP contribution in [0.1, 0.15) is 35.9 Å². The summed E-state index contributed by atoms with van der Waals surface area (Å²) in [6.45, 7) is 4.01. The zero-order valence-electron chi connectivity index (χ0n) is 11.2. The lowest BCUT2D eigenvalue weighted by Gasteiger charge is -2.13. The van der Waals surface area contributed by atoms with Gasteiger partial charge >= 0.3 is 5.97 Å². The number of carboxylic acids is 1. The first-order valence-electron chi connectivity index (χ1n) is 6.17. The number of hydrogen-bond acceptors (Lipinski definition) is 3. The lowest BCUT2D eigenvalue weighted by atomic mass is 10.2. The van der Waals surface area contributed by atoms with Crippen LogP contribution < -0.4 is 4.74 Å². The van der Waals surface area contributed by atoms with Crippen LogP contribution in [0.3, 0.4) is 0 Å². The van der Waals surface area contributed by atoms with Crippen LogP contribution in [0.25, 0.3) is 0 Å². The quantitative estimate of drug-likeness (QED) is 0.918. The van der Waals surface area contributed by atoms with Crippen molar-refractivity contribution in [2.24, 2.45) is 0 Å². The summed E-state index contributed by atoms with van der Waals surface area (Å²) in [5, 5.41) is 13.9. The maximum Gasteiger partial charge on any atom is 0.339 e. The first-order valence-corrected chi connectivity index (χ1v) is 6.55. The first kappa shape index (κ1) is 14.4. The zero-order valence-corrected chi connectivity index (χ0v) is 12.0. The molecule has 0 aliphatic rings. The zero-order chi connectivity index (χ0) is 14.7. The van der Waals surface area contributed by atoms with Gasteiger partial charge in [-0.1, -0.05) is 11.6 Å². The highest BCUT2D eigenvalue weighted by Gasteiger charge is 2.18. The van der Waals surface area contributed by atoms with Crippen LogP contribution in [-0.4, -0.2) is 20.9 Å². The minimum atomic E-state index is -1.01. The Balaban J connectivity index is 2.21. The highest BCUT2D eigenvalue weighted by atomic mass is 35.5. The van der Waals surface area contributed by atoms with Gasteiger partial charge in [0.25, 0.3) is 0 Å². The molecule has 5 nitrogen and oxygen atoms in total. The fraction of sp³-hybridized carbons (Fsp3) is 0.286. The van der Waals surface area contributed by atoms with Crippen molar-refractivity contribution in [3.8, 4) is 5.75 Å². The van der Waals surface area contributed by atoms with E-state index in [0.29, 0.717) is 16.5 Å². The van der Waals surface area contributed by atoms with E-state index in [1.165, 1.54) is 6.20 Å². The molecule has 106 valence electrons. The SMILES string of the molecule is CC(C)n1ncc(C(=O)O)c1COc1ccc(Cl)cc1. The summed E-state index contributed by atoms with van der Waals surface area (Å²) in [6.07, 6.45) is 1.35. The topological polar surface area (TPSA) is 64.4 Å². The van der Waals surface area contributed by atoms with Gasteiger partial charge in [0.15, 0.2) is 0 Å². The molecule has 1 aromatic carbocycles. The van der Waals surface area contributed by atoms with Gasteiger partial charge in [0.05, 0.1) is 11.9 Å². The lowest BCUT2D eigenvalue weighted by molar-refractivity contribution is 0.0693. The average molecular weight is 295 g/mol. The van der Waals surface area contributed by atoms with Gasteiger partial charge in [-0.25, -0.2) is 4.79 Å². The average Bonchev–Trinajstić information content (AvgIpc) is 2.82. The molecule has 0 atom stereocenters. The van der Waals surface area contributed by atoms with Crippen molar-refractivity contribution in [1.82, 2.24) is 9.78 Å². The molecule has 20 heavy (non-hydrogen) atoms. The Bertz CT molecular complexity index is 605. The Morgan fingerprint density at radius 1 is 1.40 bits per heavy atom. The molecule has 2 rings (SSSR count). The van der Waals surface area contributed by atoms with Gasteiger partial charge < -0.3 is 9.84 Å². The van der Waals surface area contributed by atoms with Crippen LogP contribution >= 0.6 is 11.6 Å².